The zero-order valence-electron chi connectivity index (χ0n) is 13.4. The van der Waals surface area contributed by atoms with E-state index < -0.39 is 0 Å². The fraction of sp³-hybridized carbons (Fsp3) is 0.933. The lowest BCUT2D eigenvalue weighted by atomic mass is 10.1. The number of nitrogens with one attached hydrogen (secondary N) is 1. The summed E-state index contributed by atoms with van der Waals surface area (Å²) in [6, 6.07) is 0. The van der Waals surface area contributed by atoms with Gasteiger partial charge in [-0.05, 0) is 31.8 Å². The monoisotopic (exact) mass is 298 g/mol. The van der Waals surface area contributed by atoms with Crippen molar-refractivity contribution in [3.8, 4) is 0 Å². The first-order valence-electron chi connectivity index (χ1n) is 7.86. The second kappa shape index (κ2) is 7.55. The molecule has 2 fully saturated rings. The van der Waals surface area contributed by atoms with E-state index >= 15 is 0 Å². The van der Waals surface area contributed by atoms with Gasteiger partial charge in [-0.3, -0.25) is 4.99 Å². The summed E-state index contributed by atoms with van der Waals surface area (Å²) in [6.07, 6.45) is 1.31. The van der Waals surface area contributed by atoms with Crippen LogP contribution >= 0.6 is 11.8 Å². The Morgan fingerprint density at radius 2 is 2.15 bits per heavy atom. The molecule has 0 radical (unpaired) electrons. The van der Waals surface area contributed by atoms with Crippen LogP contribution in [0, 0.1) is 11.8 Å². The van der Waals surface area contributed by atoms with Crippen molar-refractivity contribution < 1.29 is 0 Å². The topological polar surface area (TPSA) is 30.9 Å². The molecule has 2 aliphatic heterocycles. The number of hydrogen-bond donors (Lipinski definition) is 1. The van der Waals surface area contributed by atoms with Gasteiger partial charge in [-0.15, -0.1) is 0 Å². The van der Waals surface area contributed by atoms with Crippen molar-refractivity contribution in [3.63, 3.8) is 0 Å². The molecule has 1 N–H and O–H groups in total. The highest BCUT2D eigenvalue weighted by Gasteiger charge is 2.26. The minimum atomic E-state index is 0.736. The summed E-state index contributed by atoms with van der Waals surface area (Å²) in [7, 11) is 4.12. The summed E-state index contributed by atoms with van der Waals surface area (Å²) < 4.78 is 0. The lowest BCUT2D eigenvalue weighted by Crippen LogP contribution is -2.50. The van der Waals surface area contributed by atoms with Crippen molar-refractivity contribution in [1.82, 2.24) is 15.1 Å². The standard InChI is InChI=1S/C15H30N4S/c1-12(2)14-11-19(7-8-20-14)15(16-3)17-9-13-5-6-18(4)10-13/h12-14H,5-11H2,1-4H3,(H,16,17). The van der Waals surface area contributed by atoms with Gasteiger partial charge in [0, 0.05) is 44.2 Å². The van der Waals surface area contributed by atoms with Gasteiger partial charge < -0.3 is 15.1 Å². The quantitative estimate of drug-likeness (QED) is 0.633. The molecule has 0 aromatic rings. The molecule has 0 spiro atoms. The van der Waals surface area contributed by atoms with E-state index in [1.165, 1.54) is 25.3 Å². The molecule has 5 heteroatoms. The minimum Gasteiger partial charge on any atom is -0.356 e. The van der Waals surface area contributed by atoms with E-state index in [9.17, 15) is 0 Å². The molecule has 2 saturated heterocycles. The van der Waals surface area contributed by atoms with Crippen LogP contribution in [-0.2, 0) is 0 Å². The van der Waals surface area contributed by atoms with E-state index in [4.69, 9.17) is 0 Å². The number of guanidine groups is 1. The number of nitrogens with zero attached hydrogens (tertiary/aromatic N) is 3. The van der Waals surface area contributed by atoms with Gasteiger partial charge in [0.2, 0.25) is 0 Å². The Balaban J connectivity index is 1.82. The van der Waals surface area contributed by atoms with Crippen LogP contribution in [0.15, 0.2) is 4.99 Å². The maximum absolute atomic E-state index is 4.49. The van der Waals surface area contributed by atoms with Crippen LogP contribution in [0.3, 0.4) is 0 Å². The van der Waals surface area contributed by atoms with E-state index in [0.29, 0.717) is 0 Å². The van der Waals surface area contributed by atoms with Gasteiger partial charge in [0.15, 0.2) is 5.96 Å². The van der Waals surface area contributed by atoms with E-state index in [1.54, 1.807) is 0 Å². The van der Waals surface area contributed by atoms with Crippen LogP contribution < -0.4 is 5.32 Å². The first-order chi connectivity index (χ1) is 9.60. The molecular formula is C15H30N4S. The molecule has 0 amide bonds. The maximum atomic E-state index is 4.49. The third-order valence-electron chi connectivity index (χ3n) is 4.39. The number of rotatable bonds is 3. The van der Waals surface area contributed by atoms with Crippen LogP contribution in [0.4, 0.5) is 0 Å². The van der Waals surface area contributed by atoms with Crippen LogP contribution in [0.25, 0.3) is 0 Å². The molecule has 2 rings (SSSR count). The second-order valence-electron chi connectivity index (χ2n) is 6.44. The van der Waals surface area contributed by atoms with Crippen molar-refractivity contribution in [2.75, 3.05) is 52.6 Å². The van der Waals surface area contributed by atoms with Crippen molar-refractivity contribution in [2.24, 2.45) is 16.8 Å². The normalized spacial score (nSPS) is 29.2. The fourth-order valence-electron chi connectivity index (χ4n) is 3.03. The molecule has 2 atom stereocenters. The summed E-state index contributed by atoms with van der Waals surface area (Å²) in [5.41, 5.74) is 0. The molecule has 2 unspecified atom stereocenters. The predicted octanol–water partition coefficient (Wildman–Crippen LogP) is 1.59. The smallest absolute Gasteiger partial charge is 0.193 e. The molecule has 20 heavy (non-hydrogen) atoms. The van der Waals surface area contributed by atoms with Crippen molar-refractivity contribution >= 4 is 17.7 Å². The molecule has 116 valence electrons. The van der Waals surface area contributed by atoms with Gasteiger partial charge in [-0.2, -0.15) is 11.8 Å². The van der Waals surface area contributed by atoms with E-state index in [-0.39, 0.29) is 0 Å². The lowest BCUT2D eigenvalue weighted by Gasteiger charge is -2.36. The maximum Gasteiger partial charge on any atom is 0.193 e. The number of thioether (sulfide) groups is 1. The van der Waals surface area contributed by atoms with Crippen LogP contribution in [0.1, 0.15) is 20.3 Å². The third kappa shape index (κ3) is 4.29. The highest BCUT2D eigenvalue weighted by atomic mass is 32.2. The molecule has 0 aliphatic carbocycles. The molecule has 4 nitrogen and oxygen atoms in total. The summed E-state index contributed by atoms with van der Waals surface area (Å²) in [6.45, 7) is 10.4. The van der Waals surface area contributed by atoms with Crippen LogP contribution in [0.5, 0.6) is 0 Å². The Labute approximate surface area is 128 Å². The molecular weight excluding hydrogens is 268 g/mol. The molecule has 0 aromatic carbocycles. The van der Waals surface area contributed by atoms with E-state index in [1.807, 2.05) is 7.05 Å². The highest BCUT2D eigenvalue weighted by molar-refractivity contribution is 8.00. The van der Waals surface area contributed by atoms with Gasteiger partial charge in [0.1, 0.15) is 0 Å². The summed E-state index contributed by atoms with van der Waals surface area (Å²) >= 11 is 2.12. The first-order valence-corrected chi connectivity index (χ1v) is 8.90. The average molecular weight is 299 g/mol. The number of hydrogen-bond acceptors (Lipinski definition) is 3. The SMILES string of the molecule is CN=C(NCC1CCN(C)C1)N1CCSC(C(C)C)C1. The Bertz CT molecular complexity index is 332. The van der Waals surface area contributed by atoms with Gasteiger partial charge in [0.25, 0.3) is 0 Å². The summed E-state index contributed by atoms with van der Waals surface area (Å²) in [4.78, 5) is 9.36. The Kier molecular flexibility index (Phi) is 6.02. The average Bonchev–Trinajstić information content (AvgIpc) is 2.85. The number of aliphatic imine (C=N–C) groups is 1. The van der Waals surface area contributed by atoms with Crippen molar-refractivity contribution in [3.05, 3.63) is 0 Å². The molecule has 2 aliphatic rings. The minimum absolute atomic E-state index is 0.736. The Morgan fingerprint density at radius 3 is 2.75 bits per heavy atom. The van der Waals surface area contributed by atoms with Gasteiger partial charge in [-0.1, -0.05) is 13.8 Å². The zero-order valence-corrected chi connectivity index (χ0v) is 14.2. The Hall–Kier alpha value is -0.420. The van der Waals surface area contributed by atoms with E-state index in [2.05, 4.69) is 52.8 Å². The molecule has 0 aromatic heterocycles. The summed E-state index contributed by atoms with van der Waals surface area (Å²) in [5, 5.41) is 4.34. The molecule has 0 bridgehead atoms. The predicted molar refractivity (Wildman–Crippen MR) is 89.6 cm³/mol. The van der Waals surface area contributed by atoms with Crippen LogP contribution in [-0.4, -0.2) is 73.6 Å². The van der Waals surface area contributed by atoms with E-state index in [0.717, 1.165) is 42.7 Å². The first kappa shape index (κ1) is 16.0. The molecule has 0 saturated carbocycles. The van der Waals surface area contributed by atoms with Crippen LogP contribution in [0.2, 0.25) is 0 Å². The third-order valence-corrected chi connectivity index (χ3v) is 5.93. The summed E-state index contributed by atoms with van der Waals surface area (Å²) in [5.74, 6) is 3.84. The fourth-order valence-corrected chi connectivity index (χ4v) is 4.33. The van der Waals surface area contributed by atoms with Crippen molar-refractivity contribution in [2.45, 2.75) is 25.5 Å². The van der Waals surface area contributed by atoms with Gasteiger partial charge in [-0.25, -0.2) is 0 Å². The highest BCUT2D eigenvalue weighted by Crippen LogP contribution is 2.24. The Morgan fingerprint density at radius 1 is 1.35 bits per heavy atom. The largest absolute Gasteiger partial charge is 0.356 e. The van der Waals surface area contributed by atoms with Gasteiger partial charge >= 0.3 is 0 Å². The molecule has 2 heterocycles. The zero-order chi connectivity index (χ0) is 14.5. The number of likely N-dealkylation sites (tertiary alicyclic amines) is 1. The van der Waals surface area contributed by atoms with Gasteiger partial charge in [0.05, 0.1) is 0 Å². The second-order valence-corrected chi connectivity index (χ2v) is 7.79. The van der Waals surface area contributed by atoms with Crippen molar-refractivity contribution in [1.29, 1.82) is 0 Å². The lowest BCUT2D eigenvalue weighted by molar-refractivity contribution is 0.370.